The van der Waals surface area contributed by atoms with Gasteiger partial charge in [-0.1, -0.05) is 6.92 Å². The summed E-state index contributed by atoms with van der Waals surface area (Å²) in [6, 6.07) is 1.26. The minimum absolute atomic E-state index is 0.228. The molecule has 2 aromatic heterocycles. The second-order valence-corrected chi connectivity index (χ2v) is 6.81. The average molecular weight is 359 g/mol. The molecule has 0 aliphatic carbocycles. The van der Waals surface area contributed by atoms with Gasteiger partial charge < -0.3 is 9.88 Å². The molecule has 0 bridgehead atoms. The van der Waals surface area contributed by atoms with E-state index in [1.54, 1.807) is 6.20 Å². The van der Waals surface area contributed by atoms with E-state index in [0.717, 1.165) is 29.6 Å². The lowest BCUT2D eigenvalue weighted by Crippen LogP contribution is -2.49. The molecule has 2 aliphatic heterocycles. The molecule has 2 saturated heterocycles. The third-order valence-corrected chi connectivity index (χ3v) is 5.22. The van der Waals surface area contributed by atoms with Crippen LogP contribution in [0.2, 0.25) is 0 Å². The lowest BCUT2D eigenvalue weighted by molar-refractivity contribution is -0.120. The van der Waals surface area contributed by atoms with Crippen LogP contribution >= 0.6 is 0 Å². The zero-order valence-corrected chi connectivity index (χ0v) is 14.7. The van der Waals surface area contributed by atoms with Gasteiger partial charge in [0.15, 0.2) is 0 Å². The first kappa shape index (κ1) is 17.0. The Balaban J connectivity index is 1.74. The van der Waals surface area contributed by atoms with Gasteiger partial charge >= 0.3 is 6.03 Å². The number of aromatic nitrogens is 2. The number of nitrogens with one attached hydrogen (secondary N) is 2. The molecular formula is C18H22FN5O2. The highest BCUT2D eigenvalue weighted by atomic mass is 19.1. The number of hydrogen-bond donors (Lipinski definition) is 2. The number of alkyl halides is 1. The quantitative estimate of drug-likeness (QED) is 0.878. The van der Waals surface area contributed by atoms with Gasteiger partial charge in [0.05, 0.1) is 17.9 Å². The van der Waals surface area contributed by atoms with Crippen LogP contribution in [-0.2, 0) is 11.2 Å². The molecule has 0 unspecified atom stereocenters. The van der Waals surface area contributed by atoms with Crippen molar-refractivity contribution in [2.45, 2.75) is 38.4 Å². The molecular weight excluding hydrogens is 337 g/mol. The summed E-state index contributed by atoms with van der Waals surface area (Å²) in [4.78, 5) is 29.5. The molecule has 0 spiro atoms. The number of imide groups is 1. The fourth-order valence-electron chi connectivity index (χ4n) is 3.80. The van der Waals surface area contributed by atoms with Crippen molar-refractivity contribution in [2.75, 3.05) is 24.5 Å². The van der Waals surface area contributed by atoms with Crippen LogP contribution in [0, 0.1) is 0 Å². The summed E-state index contributed by atoms with van der Waals surface area (Å²) in [5, 5.41) is 6.33. The van der Waals surface area contributed by atoms with E-state index in [2.05, 4.69) is 15.6 Å². The van der Waals surface area contributed by atoms with Crippen LogP contribution in [0.4, 0.5) is 14.9 Å². The molecule has 138 valence electrons. The summed E-state index contributed by atoms with van der Waals surface area (Å²) in [6.07, 6.45) is 4.44. The Morgan fingerprint density at radius 1 is 1.38 bits per heavy atom. The van der Waals surface area contributed by atoms with E-state index >= 15 is 0 Å². The number of carbonyl (C=O) groups excluding carboxylic acids is 2. The number of piperidine rings is 1. The minimum atomic E-state index is -0.954. The van der Waals surface area contributed by atoms with Crippen molar-refractivity contribution in [3.63, 3.8) is 0 Å². The molecule has 2 N–H and O–H groups in total. The summed E-state index contributed by atoms with van der Waals surface area (Å²) in [5.41, 5.74) is 2.47. The maximum absolute atomic E-state index is 14.4. The number of amides is 3. The van der Waals surface area contributed by atoms with Gasteiger partial charge in [-0.05, 0) is 31.0 Å². The molecule has 8 heteroatoms. The van der Waals surface area contributed by atoms with E-state index in [1.807, 2.05) is 23.8 Å². The van der Waals surface area contributed by atoms with E-state index in [4.69, 9.17) is 0 Å². The fraction of sp³-hybridized carbons (Fsp3) is 0.500. The first-order valence-corrected chi connectivity index (χ1v) is 9.04. The van der Waals surface area contributed by atoms with Gasteiger partial charge in [-0.2, -0.15) is 0 Å². The van der Waals surface area contributed by atoms with Gasteiger partial charge in [0.1, 0.15) is 11.8 Å². The molecule has 2 aliphatic rings. The summed E-state index contributed by atoms with van der Waals surface area (Å²) < 4.78 is 16.4. The normalized spacial score (nSPS) is 24.2. The van der Waals surface area contributed by atoms with Gasteiger partial charge in [0.2, 0.25) is 5.91 Å². The van der Waals surface area contributed by atoms with E-state index in [-0.39, 0.29) is 18.4 Å². The maximum Gasteiger partial charge on any atom is 0.328 e. The lowest BCUT2D eigenvalue weighted by Gasteiger charge is -2.28. The maximum atomic E-state index is 14.4. The number of carbonyl (C=O) groups is 2. The lowest BCUT2D eigenvalue weighted by atomic mass is 10.0. The Labute approximate surface area is 150 Å². The van der Waals surface area contributed by atoms with Crippen molar-refractivity contribution in [3.8, 4) is 0 Å². The van der Waals surface area contributed by atoms with E-state index in [1.165, 1.54) is 4.90 Å². The number of aryl methyl sites for hydroxylation is 1. The molecule has 0 radical (unpaired) electrons. The zero-order valence-electron chi connectivity index (χ0n) is 14.7. The predicted molar refractivity (Wildman–Crippen MR) is 96.0 cm³/mol. The van der Waals surface area contributed by atoms with Gasteiger partial charge in [-0.25, -0.2) is 14.2 Å². The molecule has 0 aromatic carbocycles. The van der Waals surface area contributed by atoms with E-state index < -0.39 is 12.2 Å². The third-order valence-electron chi connectivity index (χ3n) is 5.22. The Morgan fingerprint density at radius 3 is 2.96 bits per heavy atom. The molecule has 7 nitrogen and oxygen atoms in total. The second-order valence-electron chi connectivity index (χ2n) is 6.81. The van der Waals surface area contributed by atoms with Crippen LogP contribution in [-0.4, -0.2) is 47.3 Å². The average Bonchev–Trinajstić information content (AvgIpc) is 3.00. The summed E-state index contributed by atoms with van der Waals surface area (Å²) >= 11 is 0. The SMILES string of the molecule is CCc1cn([C@H]2CCNC[C@H]2F)c2ncc(N3CCC(=O)NC3=O)cc12. The first-order chi connectivity index (χ1) is 12.6. The molecule has 26 heavy (non-hydrogen) atoms. The smallest absolute Gasteiger partial charge is 0.326 e. The Kier molecular flexibility index (Phi) is 4.36. The highest BCUT2D eigenvalue weighted by Gasteiger charge is 2.29. The number of hydrogen-bond acceptors (Lipinski definition) is 4. The number of halogens is 1. The van der Waals surface area contributed by atoms with Crippen LogP contribution in [0.3, 0.4) is 0 Å². The largest absolute Gasteiger partial charge is 0.328 e. The van der Waals surface area contributed by atoms with E-state index in [0.29, 0.717) is 25.2 Å². The van der Waals surface area contributed by atoms with Crippen molar-refractivity contribution in [1.82, 2.24) is 20.2 Å². The summed E-state index contributed by atoms with van der Waals surface area (Å²) in [6.45, 7) is 3.52. The molecule has 2 aromatic rings. The van der Waals surface area contributed by atoms with Crippen LogP contribution in [0.15, 0.2) is 18.5 Å². The highest BCUT2D eigenvalue weighted by Crippen LogP contribution is 2.31. The standard InChI is InChI=1S/C18H22FN5O2/c1-2-11-10-24(15-3-5-20-9-14(15)19)17-13(11)7-12(8-21-17)23-6-4-16(25)22-18(23)26/h7-8,10,14-15,20H,2-6,9H2,1H3,(H,22,25,26)/t14-,15+/m1/s1. The minimum Gasteiger partial charge on any atom is -0.326 e. The number of rotatable bonds is 3. The van der Waals surface area contributed by atoms with Gasteiger partial charge in [-0.3, -0.25) is 15.0 Å². The van der Waals surface area contributed by atoms with Crippen molar-refractivity contribution < 1.29 is 14.0 Å². The second kappa shape index (κ2) is 6.68. The third kappa shape index (κ3) is 2.84. The monoisotopic (exact) mass is 359 g/mol. The Hall–Kier alpha value is -2.48. The Morgan fingerprint density at radius 2 is 2.23 bits per heavy atom. The fourth-order valence-corrected chi connectivity index (χ4v) is 3.80. The zero-order chi connectivity index (χ0) is 18.3. The molecule has 3 amide bonds. The molecule has 2 fully saturated rings. The highest BCUT2D eigenvalue weighted by molar-refractivity contribution is 6.06. The van der Waals surface area contributed by atoms with Gasteiger partial charge in [-0.15, -0.1) is 0 Å². The first-order valence-electron chi connectivity index (χ1n) is 9.04. The van der Waals surface area contributed by atoms with Crippen LogP contribution < -0.4 is 15.5 Å². The number of pyridine rings is 1. The van der Waals surface area contributed by atoms with Crippen molar-refractivity contribution in [2.24, 2.45) is 0 Å². The molecule has 0 saturated carbocycles. The van der Waals surface area contributed by atoms with Crippen LogP contribution in [0.1, 0.15) is 31.4 Å². The molecule has 2 atom stereocenters. The molecule has 4 heterocycles. The summed E-state index contributed by atoms with van der Waals surface area (Å²) in [5.74, 6) is -0.263. The number of nitrogens with zero attached hydrogens (tertiary/aromatic N) is 3. The number of urea groups is 1. The van der Waals surface area contributed by atoms with E-state index in [9.17, 15) is 14.0 Å². The van der Waals surface area contributed by atoms with Crippen LogP contribution in [0.25, 0.3) is 11.0 Å². The van der Waals surface area contributed by atoms with Gasteiger partial charge in [0, 0.05) is 31.1 Å². The van der Waals surface area contributed by atoms with Crippen molar-refractivity contribution >= 4 is 28.7 Å². The number of anilines is 1. The van der Waals surface area contributed by atoms with Crippen molar-refractivity contribution in [1.29, 1.82) is 0 Å². The topological polar surface area (TPSA) is 79.3 Å². The summed E-state index contributed by atoms with van der Waals surface area (Å²) in [7, 11) is 0. The predicted octanol–water partition coefficient (Wildman–Crippen LogP) is 1.92. The van der Waals surface area contributed by atoms with Gasteiger partial charge in [0.25, 0.3) is 0 Å². The molecule has 4 rings (SSSR count). The van der Waals surface area contributed by atoms with Crippen molar-refractivity contribution in [3.05, 3.63) is 24.0 Å². The number of fused-ring (bicyclic) bond motifs is 1. The Bertz CT molecular complexity index is 865. The van der Waals surface area contributed by atoms with Crippen LogP contribution in [0.5, 0.6) is 0 Å².